The van der Waals surface area contributed by atoms with E-state index in [9.17, 15) is 4.79 Å². The summed E-state index contributed by atoms with van der Waals surface area (Å²) in [7, 11) is 0. The fourth-order valence-corrected chi connectivity index (χ4v) is 3.95. The highest BCUT2D eigenvalue weighted by molar-refractivity contribution is 6.08. The fraction of sp³-hybridized carbons (Fsp3) is 0.474. The number of carbonyl (C=O) groups is 1. The first-order valence-corrected chi connectivity index (χ1v) is 9.07. The number of anilines is 2. The van der Waals surface area contributed by atoms with Crippen LogP contribution in [-0.2, 0) is 11.3 Å². The number of hydrogen-bond donors (Lipinski definition) is 2. The lowest BCUT2D eigenvalue weighted by atomic mass is 9.84. The Bertz CT molecular complexity index is 763. The first kappa shape index (κ1) is 16.1. The van der Waals surface area contributed by atoms with Crippen LogP contribution in [0.3, 0.4) is 0 Å². The van der Waals surface area contributed by atoms with Crippen molar-refractivity contribution in [3.05, 3.63) is 42.5 Å². The highest BCUT2D eigenvalue weighted by Crippen LogP contribution is 2.38. The smallest absolute Gasteiger partial charge is 0.252 e. The molecule has 0 unspecified atom stereocenters. The molecule has 0 saturated carbocycles. The van der Waals surface area contributed by atoms with Gasteiger partial charge in [-0.05, 0) is 51.4 Å². The Balaban J connectivity index is 1.56. The second kappa shape index (κ2) is 6.52. The molecule has 0 aliphatic carbocycles. The molecule has 132 valence electrons. The van der Waals surface area contributed by atoms with Gasteiger partial charge in [-0.25, -0.2) is 4.98 Å². The first-order chi connectivity index (χ1) is 12.2. The largest absolute Gasteiger partial charge is 0.369 e. The van der Waals surface area contributed by atoms with Gasteiger partial charge in [-0.2, -0.15) is 0 Å². The van der Waals surface area contributed by atoms with Gasteiger partial charge < -0.3 is 20.1 Å². The van der Waals surface area contributed by atoms with Crippen LogP contribution in [0.15, 0.2) is 36.7 Å². The predicted octanol–water partition coefficient (Wildman–Crippen LogP) is 2.16. The number of amides is 1. The van der Waals surface area contributed by atoms with E-state index in [0.717, 1.165) is 62.6 Å². The molecule has 6 heteroatoms. The SMILES string of the molecule is Cc1nccn1CCCN1C(=O)C2(CCNCC2)Nc2ccccc21. The number of rotatable bonds is 4. The molecular weight excluding hydrogens is 314 g/mol. The van der Waals surface area contributed by atoms with E-state index in [4.69, 9.17) is 0 Å². The Hall–Kier alpha value is -2.34. The van der Waals surface area contributed by atoms with Crippen LogP contribution in [-0.4, -0.2) is 40.6 Å². The highest BCUT2D eigenvalue weighted by Gasteiger charge is 2.46. The summed E-state index contributed by atoms with van der Waals surface area (Å²) in [5.74, 6) is 1.23. The molecule has 2 N–H and O–H groups in total. The van der Waals surface area contributed by atoms with Crippen molar-refractivity contribution < 1.29 is 4.79 Å². The maximum Gasteiger partial charge on any atom is 0.252 e. The molecule has 1 aromatic heterocycles. The summed E-state index contributed by atoms with van der Waals surface area (Å²) in [6.07, 6.45) is 6.39. The normalized spacial score (nSPS) is 18.9. The van der Waals surface area contributed by atoms with E-state index < -0.39 is 5.54 Å². The van der Waals surface area contributed by atoms with Crippen molar-refractivity contribution >= 4 is 17.3 Å². The summed E-state index contributed by atoms with van der Waals surface area (Å²) < 4.78 is 2.14. The Kier molecular flexibility index (Phi) is 4.21. The average molecular weight is 339 g/mol. The number of imidazole rings is 1. The number of para-hydroxylation sites is 2. The standard InChI is InChI=1S/C19H25N5O/c1-15-21-11-14-23(15)12-4-13-24-17-6-3-2-5-16(17)22-19(18(24)25)7-9-20-10-8-19/h2-3,5-6,11,14,20,22H,4,7-10,12-13H2,1H3. The summed E-state index contributed by atoms with van der Waals surface area (Å²) >= 11 is 0. The maximum absolute atomic E-state index is 13.3. The number of piperidine rings is 1. The number of aromatic nitrogens is 2. The lowest BCUT2D eigenvalue weighted by molar-refractivity contribution is -0.124. The van der Waals surface area contributed by atoms with Gasteiger partial charge in [0.05, 0.1) is 11.4 Å². The Morgan fingerprint density at radius 1 is 1.20 bits per heavy atom. The van der Waals surface area contributed by atoms with Crippen molar-refractivity contribution in [3.63, 3.8) is 0 Å². The Labute approximate surface area is 148 Å². The molecule has 1 spiro atoms. The van der Waals surface area contributed by atoms with Crippen molar-refractivity contribution in [1.82, 2.24) is 14.9 Å². The predicted molar refractivity (Wildman–Crippen MR) is 98.8 cm³/mol. The van der Waals surface area contributed by atoms with Gasteiger partial charge in [-0.1, -0.05) is 12.1 Å². The summed E-state index contributed by atoms with van der Waals surface area (Å²) in [6, 6.07) is 8.15. The van der Waals surface area contributed by atoms with Gasteiger partial charge in [0.15, 0.2) is 0 Å². The molecule has 1 amide bonds. The molecule has 0 atom stereocenters. The summed E-state index contributed by atoms with van der Waals surface area (Å²) in [4.78, 5) is 19.6. The van der Waals surface area contributed by atoms with Crippen molar-refractivity contribution in [1.29, 1.82) is 0 Å². The third-order valence-electron chi connectivity index (χ3n) is 5.38. The zero-order valence-electron chi connectivity index (χ0n) is 14.7. The molecule has 0 bridgehead atoms. The molecule has 1 aromatic carbocycles. The number of aryl methyl sites for hydroxylation is 2. The van der Waals surface area contributed by atoms with Crippen molar-refractivity contribution in [2.24, 2.45) is 0 Å². The van der Waals surface area contributed by atoms with Crippen molar-refractivity contribution in [2.75, 3.05) is 29.9 Å². The fourth-order valence-electron chi connectivity index (χ4n) is 3.95. The van der Waals surface area contributed by atoms with Gasteiger partial charge in [-0.3, -0.25) is 4.79 Å². The van der Waals surface area contributed by atoms with Crippen LogP contribution >= 0.6 is 0 Å². The number of hydrogen-bond acceptors (Lipinski definition) is 4. The van der Waals surface area contributed by atoms with Crippen LogP contribution in [0.25, 0.3) is 0 Å². The lowest BCUT2D eigenvalue weighted by Gasteiger charge is -2.46. The topological polar surface area (TPSA) is 62.2 Å². The molecule has 6 nitrogen and oxygen atoms in total. The van der Waals surface area contributed by atoms with Crippen LogP contribution in [0.1, 0.15) is 25.1 Å². The Morgan fingerprint density at radius 2 is 2.00 bits per heavy atom. The quantitative estimate of drug-likeness (QED) is 0.896. The van der Waals surface area contributed by atoms with E-state index >= 15 is 0 Å². The summed E-state index contributed by atoms with van der Waals surface area (Å²) in [6.45, 7) is 5.37. The molecule has 25 heavy (non-hydrogen) atoms. The molecule has 1 saturated heterocycles. The van der Waals surface area contributed by atoms with E-state index in [0.29, 0.717) is 0 Å². The van der Waals surface area contributed by atoms with Gasteiger partial charge in [0, 0.05) is 25.5 Å². The molecular formula is C19H25N5O. The minimum absolute atomic E-state index is 0.218. The van der Waals surface area contributed by atoms with Gasteiger partial charge >= 0.3 is 0 Å². The number of benzene rings is 1. The van der Waals surface area contributed by atoms with E-state index in [1.165, 1.54) is 0 Å². The number of nitrogens with zero attached hydrogens (tertiary/aromatic N) is 3. The second-order valence-corrected chi connectivity index (χ2v) is 6.95. The van der Waals surface area contributed by atoms with E-state index in [-0.39, 0.29) is 5.91 Å². The minimum atomic E-state index is -0.454. The van der Waals surface area contributed by atoms with Crippen LogP contribution in [0, 0.1) is 6.92 Å². The van der Waals surface area contributed by atoms with Crippen molar-refractivity contribution in [3.8, 4) is 0 Å². The monoisotopic (exact) mass is 339 g/mol. The van der Waals surface area contributed by atoms with E-state index in [1.807, 2.05) is 42.4 Å². The molecule has 2 aliphatic rings. The molecule has 4 rings (SSSR count). The zero-order valence-corrected chi connectivity index (χ0v) is 14.7. The van der Waals surface area contributed by atoms with E-state index in [1.54, 1.807) is 0 Å². The molecule has 2 aliphatic heterocycles. The summed E-state index contributed by atoms with van der Waals surface area (Å²) in [5, 5.41) is 6.92. The van der Waals surface area contributed by atoms with Crippen LogP contribution in [0.2, 0.25) is 0 Å². The van der Waals surface area contributed by atoms with Crippen LogP contribution in [0.5, 0.6) is 0 Å². The van der Waals surface area contributed by atoms with E-state index in [2.05, 4.69) is 26.3 Å². The Morgan fingerprint density at radius 3 is 2.76 bits per heavy atom. The summed E-state index contributed by atoms with van der Waals surface area (Å²) in [5.41, 5.74) is 1.62. The second-order valence-electron chi connectivity index (χ2n) is 6.95. The van der Waals surface area contributed by atoms with Gasteiger partial charge in [0.1, 0.15) is 11.4 Å². The van der Waals surface area contributed by atoms with Gasteiger partial charge in [0.25, 0.3) is 5.91 Å². The molecule has 1 fully saturated rings. The molecule has 3 heterocycles. The third kappa shape index (κ3) is 2.91. The maximum atomic E-state index is 13.3. The van der Waals surface area contributed by atoms with Gasteiger partial charge in [-0.15, -0.1) is 0 Å². The zero-order chi connectivity index (χ0) is 17.3. The number of carbonyl (C=O) groups excluding carboxylic acids is 1. The average Bonchev–Trinajstić information content (AvgIpc) is 3.04. The number of fused-ring (bicyclic) bond motifs is 1. The number of nitrogens with one attached hydrogen (secondary N) is 2. The van der Waals surface area contributed by atoms with Crippen LogP contribution < -0.4 is 15.5 Å². The highest BCUT2D eigenvalue weighted by atomic mass is 16.2. The third-order valence-corrected chi connectivity index (χ3v) is 5.38. The minimum Gasteiger partial charge on any atom is -0.369 e. The molecule has 0 radical (unpaired) electrons. The first-order valence-electron chi connectivity index (χ1n) is 9.07. The lowest BCUT2D eigenvalue weighted by Crippen LogP contribution is -2.61. The van der Waals surface area contributed by atoms with Crippen molar-refractivity contribution in [2.45, 2.75) is 38.3 Å². The van der Waals surface area contributed by atoms with Gasteiger partial charge in [0.2, 0.25) is 0 Å². The molecule has 2 aromatic rings. The van der Waals surface area contributed by atoms with Crippen LogP contribution in [0.4, 0.5) is 11.4 Å².